The highest BCUT2D eigenvalue weighted by atomic mass is 32.2. The normalized spacial score (nSPS) is 11.3. The van der Waals surface area contributed by atoms with Gasteiger partial charge in [0, 0.05) is 6.20 Å². The number of aryl methyl sites for hydroxylation is 2. The van der Waals surface area contributed by atoms with Crippen molar-refractivity contribution in [3.8, 4) is 0 Å². The van der Waals surface area contributed by atoms with Crippen molar-refractivity contribution in [1.82, 2.24) is 9.97 Å². The number of pyridine rings is 1. The standard InChI is InChI=1S/C19H19N3O3S2/c1-3-15-18(27(24,25)12-14-9-7-13(2)8-10-14)26-19(21-15)22-17(23)16-6-4-5-11-20-16/h4-11H,3,12H2,1-2H3,(H,21,22,23). The van der Waals surface area contributed by atoms with Gasteiger partial charge in [0.1, 0.15) is 9.90 Å². The number of thiazole rings is 1. The maximum Gasteiger partial charge on any atom is 0.276 e. The fourth-order valence-corrected chi connectivity index (χ4v) is 5.50. The lowest BCUT2D eigenvalue weighted by molar-refractivity contribution is 0.102. The third-order valence-corrected chi connectivity index (χ3v) is 7.21. The summed E-state index contributed by atoms with van der Waals surface area (Å²) in [5, 5.41) is 2.89. The molecule has 1 aromatic carbocycles. The van der Waals surface area contributed by atoms with Gasteiger partial charge in [-0.1, -0.05) is 54.2 Å². The molecule has 6 nitrogen and oxygen atoms in total. The second kappa shape index (κ2) is 7.98. The van der Waals surface area contributed by atoms with Crippen LogP contribution in [0.15, 0.2) is 52.9 Å². The van der Waals surface area contributed by atoms with E-state index in [0.29, 0.717) is 12.1 Å². The molecule has 27 heavy (non-hydrogen) atoms. The number of sulfone groups is 1. The molecule has 0 atom stereocenters. The predicted molar refractivity (Wildman–Crippen MR) is 106 cm³/mol. The van der Waals surface area contributed by atoms with Crippen LogP contribution in [0.2, 0.25) is 0 Å². The van der Waals surface area contributed by atoms with Gasteiger partial charge in [-0.3, -0.25) is 15.1 Å². The monoisotopic (exact) mass is 401 g/mol. The largest absolute Gasteiger partial charge is 0.296 e. The van der Waals surface area contributed by atoms with Gasteiger partial charge in [0.2, 0.25) is 0 Å². The number of nitrogens with zero attached hydrogens (tertiary/aromatic N) is 2. The molecule has 0 bridgehead atoms. The third-order valence-electron chi connectivity index (χ3n) is 3.87. The van der Waals surface area contributed by atoms with E-state index in [1.165, 1.54) is 6.20 Å². The molecule has 0 saturated carbocycles. The summed E-state index contributed by atoms with van der Waals surface area (Å²) in [5.41, 5.74) is 2.50. The van der Waals surface area contributed by atoms with Crippen LogP contribution in [-0.4, -0.2) is 24.3 Å². The average molecular weight is 402 g/mol. The van der Waals surface area contributed by atoms with Crippen molar-refractivity contribution in [2.45, 2.75) is 30.2 Å². The minimum Gasteiger partial charge on any atom is -0.296 e. The molecule has 2 heterocycles. The molecule has 0 spiro atoms. The van der Waals surface area contributed by atoms with Gasteiger partial charge in [-0.05, 0) is 31.0 Å². The summed E-state index contributed by atoms with van der Waals surface area (Å²) in [6.07, 6.45) is 1.98. The van der Waals surface area contributed by atoms with Crippen LogP contribution in [0.1, 0.15) is 34.2 Å². The summed E-state index contributed by atoms with van der Waals surface area (Å²) in [7, 11) is -3.56. The number of rotatable bonds is 6. The molecular formula is C19H19N3O3S2. The number of nitrogens with one attached hydrogen (secondary N) is 1. The van der Waals surface area contributed by atoms with E-state index in [-0.39, 0.29) is 20.8 Å². The highest BCUT2D eigenvalue weighted by Gasteiger charge is 2.24. The molecule has 0 aliphatic heterocycles. The number of amides is 1. The van der Waals surface area contributed by atoms with E-state index in [0.717, 1.165) is 22.5 Å². The SMILES string of the molecule is CCc1nc(NC(=O)c2ccccn2)sc1S(=O)(=O)Cc1ccc(C)cc1. The van der Waals surface area contributed by atoms with Gasteiger partial charge >= 0.3 is 0 Å². The maximum atomic E-state index is 12.9. The number of hydrogen-bond acceptors (Lipinski definition) is 6. The average Bonchev–Trinajstić information content (AvgIpc) is 3.08. The molecule has 140 valence electrons. The fourth-order valence-electron chi connectivity index (χ4n) is 2.49. The van der Waals surface area contributed by atoms with E-state index in [4.69, 9.17) is 0 Å². The van der Waals surface area contributed by atoms with Crippen LogP contribution in [0.4, 0.5) is 5.13 Å². The first-order valence-corrected chi connectivity index (χ1v) is 10.9. The van der Waals surface area contributed by atoms with Crippen molar-refractivity contribution in [2.75, 3.05) is 5.32 Å². The highest BCUT2D eigenvalue weighted by molar-refractivity contribution is 7.92. The molecule has 0 aliphatic rings. The zero-order valence-corrected chi connectivity index (χ0v) is 16.6. The van der Waals surface area contributed by atoms with Crippen LogP contribution in [0.5, 0.6) is 0 Å². The lowest BCUT2D eigenvalue weighted by atomic mass is 10.2. The van der Waals surface area contributed by atoms with Gasteiger partial charge in [0.05, 0.1) is 11.4 Å². The molecule has 3 rings (SSSR count). The Hall–Kier alpha value is -2.58. The predicted octanol–water partition coefficient (Wildman–Crippen LogP) is 3.64. The van der Waals surface area contributed by atoms with Crippen LogP contribution < -0.4 is 5.32 Å². The minimum atomic E-state index is -3.56. The molecule has 0 aliphatic carbocycles. The molecule has 0 saturated heterocycles. The van der Waals surface area contributed by atoms with Crippen molar-refractivity contribution in [3.63, 3.8) is 0 Å². The zero-order chi connectivity index (χ0) is 19.4. The van der Waals surface area contributed by atoms with E-state index in [9.17, 15) is 13.2 Å². The van der Waals surface area contributed by atoms with Gasteiger partial charge in [-0.15, -0.1) is 0 Å². The van der Waals surface area contributed by atoms with Crippen LogP contribution in [-0.2, 0) is 22.0 Å². The van der Waals surface area contributed by atoms with Gasteiger partial charge in [-0.2, -0.15) is 0 Å². The third kappa shape index (κ3) is 4.58. The molecule has 0 fully saturated rings. The highest BCUT2D eigenvalue weighted by Crippen LogP contribution is 2.31. The van der Waals surface area contributed by atoms with Gasteiger partial charge in [0.25, 0.3) is 5.91 Å². The number of carbonyl (C=O) groups is 1. The zero-order valence-electron chi connectivity index (χ0n) is 15.0. The Labute approximate surface area is 162 Å². The summed E-state index contributed by atoms with van der Waals surface area (Å²) in [6.45, 7) is 3.79. The van der Waals surface area contributed by atoms with Crippen LogP contribution in [0, 0.1) is 6.92 Å². The molecule has 2 aromatic heterocycles. The number of benzene rings is 1. The van der Waals surface area contributed by atoms with Crippen LogP contribution in [0.3, 0.4) is 0 Å². The summed E-state index contributed by atoms with van der Waals surface area (Å²) in [5.74, 6) is -0.523. The smallest absolute Gasteiger partial charge is 0.276 e. The van der Waals surface area contributed by atoms with E-state index < -0.39 is 15.7 Å². The molecule has 0 unspecified atom stereocenters. The summed E-state index contributed by atoms with van der Waals surface area (Å²) in [4.78, 5) is 20.5. The van der Waals surface area contributed by atoms with Gasteiger partial charge < -0.3 is 0 Å². The number of aromatic nitrogens is 2. The van der Waals surface area contributed by atoms with Crippen LogP contribution >= 0.6 is 11.3 Å². The number of anilines is 1. The second-order valence-electron chi connectivity index (χ2n) is 6.02. The molecule has 1 amide bonds. The Balaban J connectivity index is 1.85. The Kier molecular flexibility index (Phi) is 5.67. The van der Waals surface area contributed by atoms with Crippen molar-refractivity contribution in [3.05, 3.63) is 71.2 Å². The first-order chi connectivity index (χ1) is 12.9. The minimum absolute atomic E-state index is 0.101. The van der Waals surface area contributed by atoms with Crippen molar-refractivity contribution in [1.29, 1.82) is 0 Å². The molecule has 8 heteroatoms. The van der Waals surface area contributed by atoms with E-state index in [2.05, 4.69) is 15.3 Å². The molecular weight excluding hydrogens is 382 g/mol. The van der Waals surface area contributed by atoms with Crippen LogP contribution in [0.25, 0.3) is 0 Å². The van der Waals surface area contributed by atoms with Gasteiger partial charge in [-0.25, -0.2) is 13.4 Å². The van der Waals surface area contributed by atoms with Crippen molar-refractivity contribution in [2.24, 2.45) is 0 Å². The lowest BCUT2D eigenvalue weighted by Crippen LogP contribution is -2.13. The van der Waals surface area contributed by atoms with Gasteiger partial charge in [0.15, 0.2) is 15.0 Å². The molecule has 3 aromatic rings. The van der Waals surface area contributed by atoms with Crippen molar-refractivity contribution >= 4 is 32.2 Å². The Bertz CT molecular complexity index is 1040. The Morgan fingerprint density at radius 3 is 2.52 bits per heavy atom. The van der Waals surface area contributed by atoms with E-state index in [1.54, 1.807) is 18.2 Å². The topological polar surface area (TPSA) is 89.0 Å². The molecule has 1 N–H and O–H groups in total. The first kappa shape index (κ1) is 19.2. The second-order valence-corrected chi connectivity index (χ2v) is 9.20. The molecule has 0 radical (unpaired) electrons. The maximum absolute atomic E-state index is 12.9. The summed E-state index contributed by atoms with van der Waals surface area (Å²) >= 11 is 0.978. The lowest BCUT2D eigenvalue weighted by Gasteiger charge is -2.04. The number of hydrogen-bond donors (Lipinski definition) is 1. The quantitative estimate of drug-likeness (QED) is 0.681. The Morgan fingerprint density at radius 2 is 1.89 bits per heavy atom. The summed E-state index contributed by atoms with van der Waals surface area (Å²) < 4.78 is 26.0. The number of carbonyl (C=O) groups excluding carboxylic acids is 1. The van der Waals surface area contributed by atoms with Crippen molar-refractivity contribution < 1.29 is 13.2 Å². The summed E-state index contributed by atoms with van der Waals surface area (Å²) in [6, 6.07) is 12.4. The Morgan fingerprint density at radius 1 is 1.15 bits per heavy atom. The fraction of sp³-hybridized carbons (Fsp3) is 0.211. The van der Waals surface area contributed by atoms with E-state index in [1.807, 2.05) is 38.1 Å². The first-order valence-electron chi connectivity index (χ1n) is 8.39. The van der Waals surface area contributed by atoms with E-state index >= 15 is 0 Å².